The standard InChI is InChI=1S/C22H20F2N2O4S/c1-30-21-12-3-15(22(27)25-19-8-4-17(23)5-9-19)13-16(21)14-26(31(2,28)29)20-10-6-18(24)7-11-20/h3-13H,14H2,1-2H3,(H,25,27). The van der Waals surface area contributed by atoms with Crippen molar-refractivity contribution in [2.75, 3.05) is 23.0 Å². The largest absolute Gasteiger partial charge is 0.496 e. The van der Waals surface area contributed by atoms with E-state index in [9.17, 15) is 22.0 Å². The summed E-state index contributed by atoms with van der Waals surface area (Å²) in [5.74, 6) is -0.988. The lowest BCUT2D eigenvalue weighted by atomic mass is 10.1. The minimum atomic E-state index is -3.72. The van der Waals surface area contributed by atoms with Gasteiger partial charge >= 0.3 is 0 Å². The maximum absolute atomic E-state index is 13.3. The van der Waals surface area contributed by atoms with Gasteiger partial charge in [0.05, 0.1) is 25.6 Å². The Balaban J connectivity index is 1.92. The minimum Gasteiger partial charge on any atom is -0.496 e. The molecule has 162 valence electrons. The molecule has 31 heavy (non-hydrogen) atoms. The van der Waals surface area contributed by atoms with Crippen molar-refractivity contribution in [1.82, 2.24) is 0 Å². The summed E-state index contributed by atoms with van der Waals surface area (Å²) in [5.41, 5.74) is 1.37. The summed E-state index contributed by atoms with van der Waals surface area (Å²) in [5, 5.41) is 2.65. The van der Waals surface area contributed by atoms with E-state index in [2.05, 4.69) is 5.32 Å². The first-order valence-corrected chi connectivity index (χ1v) is 11.0. The summed E-state index contributed by atoms with van der Waals surface area (Å²) in [6, 6.07) is 14.9. The molecule has 6 nitrogen and oxygen atoms in total. The van der Waals surface area contributed by atoms with Crippen LogP contribution in [0.5, 0.6) is 5.75 Å². The first-order chi connectivity index (χ1) is 14.7. The zero-order valence-corrected chi connectivity index (χ0v) is 17.6. The van der Waals surface area contributed by atoms with E-state index in [-0.39, 0.29) is 17.8 Å². The number of nitrogens with one attached hydrogen (secondary N) is 1. The lowest BCUT2D eigenvalue weighted by Gasteiger charge is -2.24. The molecule has 9 heteroatoms. The van der Waals surface area contributed by atoms with Crippen LogP contribution in [0.2, 0.25) is 0 Å². The van der Waals surface area contributed by atoms with Crippen LogP contribution in [0.3, 0.4) is 0 Å². The van der Waals surface area contributed by atoms with E-state index in [1.165, 1.54) is 55.6 Å². The maximum Gasteiger partial charge on any atom is 0.255 e. The van der Waals surface area contributed by atoms with E-state index in [0.717, 1.165) is 22.7 Å². The highest BCUT2D eigenvalue weighted by Crippen LogP contribution is 2.27. The summed E-state index contributed by atoms with van der Waals surface area (Å²) >= 11 is 0. The maximum atomic E-state index is 13.3. The number of rotatable bonds is 7. The van der Waals surface area contributed by atoms with Gasteiger partial charge in [-0.25, -0.2) is 17.2 Å². The van der Waals surface area contributed by atoms with Crippen molar-refractivity contribution in [2.24, 2.45) is 0 Å². The Morgan fingerprint density at radius 1 is 0.968 bits per heavy atom. The fourth-order valence-corrected chi connectivity index (χ4v) is 3.82. The third kappa shape index (κ3) is 5.58. The third-order valence-corrected chi connectivity index (χ3v) is 5.61. The van der Waals surface area contributed by atoms with Crippen LogP contribution in [-0.2, 0) is 16.6 Å². The third-order valence-electron chi connectivity index (χ3n) is 4.47. The van der Waals surface area contributed by atoms with Crippen LogP contribution in [0.1, 0.15) is 15.9 Å². The van der Waals surface area contributed by atoms with Crippen LogP contribution in [0.4, 0.5) is 20.2 Å². The number of hydrogen-bond acceptors (Lipinski definition) is 4. The van der Waals surface area contributed by atoms with Crippen LogP contribution >= 0.6 is 0 Å². The molecule has 0 fully saturated rings. The van der Waals surface area contributed by atoms with Crippen molar-refractivity contribution in [3.05, 3.63) is 89.5 Å². The quantitative estimate of drug-likeness (QED) is 0.591. The summed E-state index contributed by atoms with van der Waals surface area (Å²) in [4.78, 5) is 12.6. The molecule has 0 aliphatic rings. The van der Waals surface area contributed by atoms with Crippen LogP contribution < -0.4 is 14.4 Å². The van der Waals surface area contributed by atoms with E-state index < -0.39 is 27.6 Å². The van der Waals surface area contributed by atoms with Crippen LogP contribution in [-0.4, -0.2) is 27.7 Å². The number of halogens is 2. The SMILES string of the molecule is COc1ccc(C(=O)Nc2ccc(F)cc2)cc1CN(c1ccc(F)cc1)S(C)(=O)=O. The summed E-state index contributed by atoms with van der Waals surface area (Å²) in [7, 11) is -2.29. The number of amides is 1. The smallest absolute Gasteiger partial charge is 0.255 e. The molecule has 0 spiro atoms. The monoisotopic (exact) mass is 446 g/mol. The fourth-order valence-electron chi connectivity index (χ4n) is 2.94. The Bertz CT molecular complexity index is 1180. The molecule has 0 saturated heterocycles. The Labute approximate surface area is 179 Å². The van der Waals surface area contributed by atoms with Crippen molar-refractivity contribution in [1.29, 1.82) is 0 Å². The van der Waals surface area contributed by atoms with Gasteiger partial charge in [-0.05, 0) is 66.7 Å². The van der Waals surface area contributed by atoms with E-state index in [0.29, 0.717) is 17.0 Å². The molecule has 0 unspecified atom stereocenters. The molecule has 3 aromatic carbocycles. The lowest BCUT2D eigenvalue weighted by Crippen LogP contribution is -2.29. The highest BCUT2D eigenvalue weighted by atomic mass is 32.2. The van der Waals surface area contributed by atoms with E-state index in [1.54, 1.807) is 6.07 Å². The molecule has 0 aliphatic heterocycles. The molecule has 3 rings (SSSR count). The second kappa shape index (κ2) is 9.13. The van der Waals surface area contributed by atoms with Gasteiger partial charge in [-0.1, -0.05) is 0 Å². The number of hydrogen-bond donors (Lipinski definition) is 1. The second-order valence-electron chi connectivity index (χ2n) is 6.73. The zero-order chi connectivity index (χ0) is 22.6. The molecule has 1 N–H and O–H groups in total. The number of sulfonamides is 1. The highest BCUT2D eigenvalue weighted by Gasteiger charge is 2.21. The van der Waals surface area contributed by atoms with Crippen LogP contribution in [0.25, 0.3) is 0 Å². The van der Waals surface area contributed by atoms with Crippen molar-refractivity contribution in [2.45, 2.75) is 6.54 Å². The average Bonchev–Trinajstić information content (AvgIpc) is 2.73. The highest BCUT2D eigenvalue weighted by molar-refractivity contribution is 7.92. The van der Waals surface area contributed by atoms with Crippen LogP contribution in [0.15, 0.2) is 66.7 Å². The fraction of sp³-hybridized carbons (Fsp3) is 0.136. The Hall–Kier alpha value is -3.46. The molecule has 0 radical (unpaired) electrons. The van der Waals surface area contributed by atoms with Crippen molar-refractivity contribution in [3.8, 4) is 5.75 Å². The van der Waals surface area contributed by atoms with Gasteiger partial charge in [0.2, 0.25) is 10.0 Å². The van der Waals surface area contributed by atoms with Gasteiger partial charge in [0.25, 0.3) is 5.91 Å². The topological polar surface area (TPSA) is 75.7 Å². The summed E-state index contributed by atoms with van der Waals surface area (Å²) in [6.07, 6.45) is 1.04. The van der Waals surface area contributed by atoms with Gasteiger partial charge in [0.15, 0.2) is 0 Å². The Morgan fingerprint density at radius 3 is 2.10 bits per heavy atom. The molecule has 0 atom stereocenters. The average molecular weight is 446 g/mol. The molecule has 3 aromatic rings. The van der Waals surface area contributed by atoms with Crippen molar-refractivity contribution in [3.63, 3.8) is 0 Å². The molecule has 0 heterocycles. The molecule has 0 aliphatic carbocycles. The lowest BCUT2D eigenvalue weighted by molar-refractivity contribution is 0.102. The molecular weight excluding hydrogens is 426 g/mol. The summed E-state index contributed by atoms with van der Waals surface area (Å²) < 4.78 is 57.5. The normalized spacial score (nSPS) is 11.1. The number of benzene rings is 3. The number of carbonyl (C=O) groups excluding carboxylic acids is 1. The molecule has 1 amide bonds. The van der Waals surface area contributed by atoms with E-state index >= 15 is 0 Å². The van der Waals surface area contributed by atoms with Gasteiger partial charge in [-0.15, -0.1) is 0 Å². The van der Waals surface area contributed by atoms with Gasteiger partial charge < -0.3 is 10.1 Å². The van der Waals surface area contributed by atoms with Crippen molar-refractivity contribution >= 4 is 27.3 Å². The number of nitrogens with zero attached hydrogens (tertiary/aromatic N) is 1. The van der Waals surface area contributed by atoms with Gasteiger partial charge in [0, 0.05) is 16.8 Å². The number of anilines is 2. The minimum absolute atomic E-state index is 0.134. The van der Waals surface area contributed by atoms with E-state index in [1.807, 2.05) is 0 Å². The Morgan fingerprint density at radius 2 is 1.55 bits per heavy atom. The van der Waals surface area contributed by atoms with Gasteiger partial charge in [-0.2, -0.15) is 0 Å². The molecule has 0 bridgehead atoms. The predicted molar refractivity (Wildman–Crippen MR) is 115 cm³/mol. The first-order valence-electron chi connectivity index (χ1n) is 9.14. The van der Waals surface area contributed by atoms with E-state index in [4.69, 9.17) is 4.74 Å². The number of carbonyl (C=O) groups is 1. The van der Waals surface area contributed by atoms with Gasteiger partial charge in [-0.3, -0.25) is 9.10 Å². The van der Waals surface area contributed by atoms with Crippen LogP contribution in [0, 0.1) is 11.6 Å². The first kappa shape index (κ1) is 22.2. The predicted octanol–water partition coefficient (Wildman–Crippen LogP) is 4.19. The van der Waals surface area contributed by atoms with Crippen molar-refractivity contribution < 1.29 is 26.7 Å². The molecule has 0 aromatic heterocycles. The molecular formula is C22H20F2N2O4S. The summed E-state index contributed by atoms with van der Waals surface area (Å²) in [6.45, 7) is -0.134. The zero-order valence-electron chi connectivity index (χ0n) is 16.8. The second-order valence-corrected chi connectivity index (χ2v) is 8.64. The Kier molecular flexibility index (Phi) is 6.55. The number of ether oxygens (including phenoxy) is 1. The molecule has 0 saturated carbocycles. The number of methoxy groups -OCH3 is 1. The van der Waals surface area contributed by atoms with Gasteiger partial charge in [0.1, 0.15) is 17.4 Å².